The van der Waals surface area contributed by atoms with E-state index >= 15 is 0 Å². The molecule has 0 fully saturated rings. The highest BCUT2D eigenvalue weighted by atomic mass is 19.3. The Morgan fingerprint density at radius 2 is 1.74 bits per heavy atom. The van der Waals surface area contributed by atoms with E-state index in [2.05, 4.69) is 10.7 Å². The number of aromatic nitrogens is 1. The molecule has 3 nitrogen and oxygen atoms in total. The Kier molecular flexibility index (Phi) is 3.25. The van der Waals surface area contributed by atoms with Crippen LogP contribution in [0.15, 0.2) is 42.6 Å². The smallest absolute Gasteiger partial charge is 0.349 e. The van der Waals surface area contributed by atoms with E-state index in [1.165, 1.54) is 24.3 Å². The van der Waals surface area contributed by atoms with Gasteiger partial charge in [0.05, 0.1) is 11.9 Å². The van der Waals surface area contributed by atoms with Crippen LogP contribution < -0.4 is 5.73 Å². The zero-order chi connectivity index (χ0) is 14.0. The van der Waals surface area contributed by atoms with E-state index in [0.29, 0.717) is 11.3 Å². The first-order chi connectivity index (χ1) is 8.91. The van der Waals surface area contributed by atoms with Crippen molar-refractivity contribution < 1.29 is 18.0 Å². The zero-order valence-corrected chi connectivity index (χ0v) is 9.61. The predicted octanol–water partition coefficient (Wildman–Crippen LogP) is 2.46. The summed E-state index contributed by atoms with van der Waals surface area (Å²) in [6, 6.07) is 7.56. The molecule has 19 heavy (non-hydrogen) atoms. The van der Waals surface area contributed by atoms with Crippen molar-refractivity contribution in [2.45, 2.75) is 5.92 Å². The fourth-order valence-corrected chi connectivity index (χ4v) is 1.54. The SMILES string of the molecule is NC(=O)C(F)(F)c1ccc(-c2ccc(F)cn2)cc1. The number of alkyl halides is 2. The Morgan fingerprint density at radius 3 is 2.21 bits per heavy atom. The van der Waals surface area contributed by atoms with Gasteiger partial charge in [-0.15, -0.1) is 0 Å². The van der Waals surface area contributed by atoms with Gasteiger partial charge in [0.2, 0.25) is 0 Å². The quantitative estimate of drug-likeness (QED) is 0.927. The molecule has 1 aromatic carbocycles. The van der Waals surface area contributed by atoms with E-state index in [1.54, 1.807) is 0 Å². The van der Waals surface area contributed by atoms with Crippen molar-refractivity contribution in [3.8, 4) is 11.3 Å². The summed E-state index contributed by atoms with van der Waals surface area (Å²) in [7, 11) is 0. The number of benzene rings is 1. The fraction of sp³-hybridized carbons (Fsp3) is 0.0769. The number of hydrogen-bond acceptors (Lipinski definition) is 2. The maximum atomic E-state index is 13.3. The first-order valence-electron chi connectivity index (χ1n) is 5.31. The number of carbonyl (C=O) groups is 1. The second kappa shape index (κ2) is 4.72. The number of pyridine rings is 1. The number of nitrogens with zero attached hydrogens (tertiary/aromatic N) is 1. The Hall–Kier alpha value is -2.37. The van der Waals surface area contributed by atoms with Gasteiger partial charge in [-0.1, -0.05) is 24.3 Å². The van der Waals surface area contributed by atoms with Crippen LogP contribution in [0.3, 0.4) is 0 Å². The summed E-state index contributed by atoms with van der Waals surface area (Å²) in [5, 5.41) is 0. The van der Waals surface area contributed by atoms with Crippen molar-refractivity contribution in [1.29, 1.82) is 0 Å². The molecule has 0 bridgehead atoms. The third-order valence-corrected chi connectivity index (χ3v) is 2.58. The van der Waals surface area contributed by atoms with E-state index in [1.807, 2.05) is 0 Å². The molecule has 0 aliphatic rings. The molecule has 0 radical (unpaired) electrons. The highest BCUT2D eigenvalue weighted by Gasteiger charge is 2.38. The maximum absolute atomic E-state index is 13.3. The topological polar surface area (TPSA) is 56.0 Å². The van der Waals surface area contributed by atoms with Crippen molar-refractivity contribution in [3.05, 3.63) is 54.0 Å². The van der Waals surface area contributed by atoms with Gasteiger partial charge in [-0.3, -0.25) is 9.78 Å². The maximum Gasteiger partial charge on any atom is 0.349 e. The van der Waals surface area contributed by atoms with Crippen LogP contribution in [0.25, 0.3) is 11.3 Å². The van der Waals surface area contributed by atoms with Crippen LogP contribution >= 0.6 is 0 Å². The van der Waals surface area contributed by atoms with Crippen LogP contribution in [0.1, 0.15) is 5.56 Å². The molecule has 2 N–H and O–H groups in total. The molecular formula is C13H9F3N2O. The molecule has 1 heterocycles. The van der Waals surface area contributed by atoms with E-state index in [4.69, 9.17) is 0 Å². The average molecular weight is 266 g/mol. The van der Waals surface area contributed by atoms with Gasteiger partial charge >= 0.3 is 5.92 Å². The molecule has 0 saturated heterocycles. The highest BCUT2D eigenvalue weighted by molar-refractivity contribution is 5.83. The van der Waals surface area contributed by atoms with E-state index in [9.17, 15) is 18.0 Å². The summed E-state index contributed by atoms with van der Waals surface area (Å²) in [5.41, 5.74) is 5.10. The van der Waals surface area contributed by atoms with E-state index in [-0.39, 0.29) is 0 Å². The van der Waals surface area contributed by atoms with Crippen molar-refractivity contribution >= 4 is 5.91 Å². The minimum atomic E-state index is -3.71. The minimum Gasteiger partial charge on any atom is -0.364 e. The minimum absolute atomic E-state index is 0.440. The molecule has 2 aromatic rings. The first kappa shape index (κ1) is 13.1. The summed E-state index contributed by atoms with van der Waals surface area (Å²) < 4.78 is 39.4. The van der Waals surface area contributed by atoms with E-state index in [0.717, 1.165) is 18.3 Å². The Morgan fingerprint density at radius 1 is 1.11 bits per heavy atom. The number of amides is 1. The molecule has 0 spiro atoms. The predicted molar refractivity (Wildman–Crippen MR) is 62.7 cm³/mol. The van der Waals surface area contributed by atoms with Crippen LogP contribution in [0, 0.1) is 5.82 Å². The van der Waals surface area contributed by atoms with Crippen molar-refractivity contribution in [1.82, 2.24) is 4.98 Å². The van der Waals surface area contributed by atoms with Crippen molar-refractivity contribution in [2.75, 3.05) is 0 Å². The average Bonchev–Trinajstić information content (AvgIpc) is 2.39. The van der Waals surface area contributed by atoms with Gasteiger partial charge in [0.25, 0.3) is 5.91 Å². The van der Waals surface area contributed by atoms with Crippen molar-refractivity contribution in [3.63, 3.8) is 0 Å². The summed E-state index contributed by atoms with van der Waals surface area (Å²) in [6.45, 7) is 0. The van der Waals surface area contributed by atoms with Crippen LogP contribution in [0.2, 0.25) is 0 Å². The Bertz CT molecular complexity index is 594. The molecule has 0 aliphatic carbocycles. The van der Waals surface area contributed by atoms with Crippen LogP contribution in [0.5, 0.6) is 0 Å². The summed E-state index contributed by atoms with van der Waals surface area (Å²) in [4.78, 5) is 14.5. The molecule has 0 saturated carbocycles. The highest BCUT2D eigenvalue weighted by Crippen LogP contribution is 2.29. The lowest BCUT2D eigenvalue weighted by Crippen LogP contribution is -2.32. The second-order valence-electron chi connectivity index (χ2n) is 3.88. The Balaban J connectivity index is 2.33. The van der Waals surface area contributed by atoms with Crippen molar-refractivity contribution in [2.24, 2.45) is 5.73 Å². The van der Waals surface area contributed by atoms with Gasteiger partial charge in [-0.25, -0.2) is 4.39 Å². The lowest BCUT2D eigenvalue weighted by atomic mass is 10.0. The first-order valence-corrected chi connectivity index (χ1v) is 5.31. The van der Waals surface area contributed by atoms with Gasteiger partial charge in [0.15, 0.2) is 0 Å². The number of halogens is 3. The second-order valence-corrected chi connectivity index (χ2v) is 3.88. The standard InChI is InChI=1S/C13H9F3N2O/c14-10-5-6-11(18-7-10)8-1-3-9(4-2-8)13(15,16)12(17)19/h1-7H,(H2,17,19). The largest absolute Gasteiger partial charge is 0.364 e. The third-order valence-electron chi connectivity index (χ3n) is 2.58. The number of primary amides is 1. The molecule has 2 rings (SSSR count). The number of carbonyl (C=O) groups excluding carboxylic acids is 1. The molecule has 0 unspecified atom stereocenters. The van der Waals surface area contributed by atoms with Gasteiger partial charge in [0.1, 0.15) is 5.82 Å². The summed E-state index contributed by atoms with van der Waals surface area (Å²) in [5.74, 6) is -5.91. The zero-order valence-electron chi connectivity index (χ0n) is 9.61. The number of rotatable bonds is 3. The van der Waals surface area contributed by atoms with Gasteiger partial charge in [0, 0.05) is 11.1 Å². The lowest BCUT2D eigenvalue weighted by molar-refractivity contribution is -0.143. The molecule has 98 valence electrons. The Labute approximate surface area is 106 Å². The monoisotopic (exact) mass is 266 g/mol. The van der Waals surface area contributed by atoms with E-state index < -0.39 is 23.2 Å². The summed E-state index contributed by atoms with van der Waals surface area (Å²) in [6.07, 6.45) is 1.03. The third kappa shape index (κ3) is 2.57. The van der Waals surface area contributed by atoms with Gasteiger partial charge < -0.3 is 5.73 Å². The van der Waals surface area contributed by atoms with Crippen LogP contribution in [0.4, 0.5) is 13.2 Å². The molecular weight excluding hydrogens is 257 g/mol. The summed E-state index contributed by atoms with van der Waals surface area (Å²) >= 11 is 0. The molecule has 0 aliphatic heterocycles. The number of nitrogens with two attached hydrogens (primary N) is 1. The fourth-order valence-electron chi connectivity index (χ4n) is 1.54. The van der Waals surface area contributed by atoms with Crippen LogP contribution in [-0.2, 0) is 10.7 Å². The number of hydrogen-bond donors (Lipinski definition) is 1. The molecule has 1 aromatic heterocycles. The lowest BCUT2D eigenvalue weighted by Gasteiger charge is -2.12. The van der Waals surface area contributed by atoms with Gasteiger partial charge in [-0.05, 0) is 12.1 Å². The molecule has 0 atom stereocenters. The van der Waals surface area contributed by atoms with Crippen LogP contribution in [-0.4, -0.2) is 10.9 Å². The molecule has 6 heteroatoms. The molecule has 1 amide bonds. The normalized spacial score (nSPS) is 11.3. The van der Waals surface area contributed by atoms with Gasteiger partial charge in [-0.2, -0.15) is 8.78 Å².